The summed E-state index contributed by atoms with van der Waals surface area (Å²) < 4.78 is 56.7. The van der Waals surface area contributed by atoms with Crippen LogP contribution in [0, 0.1) is 0 Å². The highest BCUT2D eigenvalue weighted by atomic mass is 19.4. The highest BCUT2D eigenvalue weighted by molar-refractivity contribution is 5.82. The molecule has 7 rings (SSSR count). The van der Waals surface area contributed by atoms with Crippen LogP contribution in [0.3, 0.4) is 0 Å². The summed E-state index contributed by atoms with van der Waals surface area (Å²) in [6.45, 7) is 1.77. The SMILES string of the molecule is FC(F)(F)c1ccc(CN2CC3(COc4cc5c(cc43)CCO5)c3c(-c4cncnc4)cccc32)o1. The molecule has 2 aromatic heterocycles. The van der Waals surface area contributed by atoms with Crippen molar-refractivity contribution >= 4 is 5.69 Å². The Balaban J connectivity index is 1.38. The molecule has 0 saturated heterocycles. The summed E-state index contributed by atoms with van der Waals surface area (Å²) in [7, 11) is 0. The van der Waals surface area contributed by atoms with Crippen LogP contribution in [-0.2, 0) is 24.6 Å². The molecule has 0 aliphatic carbocycles. The molecule has 2 aromatic carbocycles. The molecule has 1 atom stereocenters. The van der Waals surface area contributed by atoms with Crippen molar-refractivity contribution in [2.75, 3.05) is 24.7 Å². The second-order valence-electron chi connectivity index (χ2n) is 9.37. The predicted octanol–water partition coefficient (Wildman–Crippen LogP) is 5.39. The van der Waals surface area contributed by atoms with Gasteiger partial charge in [0, 0.05) is 48.2 Å². The standard InChI is InChI=1S/C27H20F3N3O3/c28-27(29,30)24-5-4-18(36-24)12-33-13-26(14-35-23-9-22-16(6-7-34-22)8-20(23)26)25-19(2-1-3-21(25)33)17-10-31-15-32-11-17/h1-5,8-11,15H,6-7,12-14H2. The second-order valence-corrected chi connectivity index (χ2v) is 9.37. The fourth-order valence-electron chi connectivity index (χ4n) is 5.74. The summed E-state index contributed by atoms with van der Waals surface area (Å²) in [5.74, 6) is 0.882. The van der Waals surface area contributed by atoms with Crippen molar-refractivity contribution in [3.8, 4) is 22.6 Å². The van der Waals surface area contributed by atoms with Crippen LogP contribution in [0.15, 0.2) is 65.6 Å². The van der Waals surface area contributed by atoms with Crippen LogP contribution >= 0.6 is 0 Å². The number of anilines is 1. The zero-order chi connectivity index (χ0) is 24.5. The van der Waals surface area contributed by atoms with Gasteiger partial charge in [-0.1, -0.05) is 12.1 Å². The number of alkyl halides is 3. The van der Waals surface area contributed by atoms with E-state index in [1.807, 2.05) is 24.3 Å². The van der Waals surface area contributed by atoms with E-state index in [-0.39, 0.29) is 12.3 Å². The van der Waals surface area contributed by atoms with E-state index in [0.29, 0.717) is 19.8 Å². The van der Waals surface area contributed by atoms with Gasteiger partial charge in [0.2, 0.25) is 5.76 Å². The van der Waals surface area contributed by atoms with Gasteiger partial charge in [0.15, 0.2) is 0 Å². The van der Waals surface area contributed by atoms with Gasteiger partial charge in [-0.25, -0.2) is 9.97 Å². The maximum Gasteiger partial charge on any atom is 0.449 e. The molecule has 182 valence electrons. The zero-order valence-corrected chi connectivity index (χ0v) is 19.0. The summed E-state index contributed by atoms with van der Waals surface area (Å²) in [5.41, 5.74) is 5.50. The summed E-state index contributed by atoms with van der Waals surface area (Å²) in [5, 5.41) is 0. The van der Waals surface area contributed by atoms with Crippen molar-refractivity contribution in [2.24, 2.45) is 0 Å². The number of aromatic nitrogens is 2. The number of ether oxygens (including phenoxy) is 2. The zero-order valence-electron chi connectivity index (χ0n) is 19.0. The summed E-state index contributed by atoms with van der Waals surface area (Å²) >= 11 is 0. The third-order valence-corrected chi connectivity index (χ3v) is 7.26. The van der Waals surface area contributed by atoms with Gasteiger partial charge in [0.1, 0.15) is 30.2 Å². The lowest BCUT2D eigenvalue weighted by Crippen LogP contribution is -2.36. The Morgan fingerprint density at radius 1 is 1.00 bits per heavy atom. The molecule has 0 N–H and O–H groups in total. The van der Waals surface area contributed by atoms with Crippen molar-refractivity contribution in [3.05, 3.63) is 89.4 Å². The van der Waals surface area contributed by atoms with Crippen LogP contribution in [-0.4, -0.2) is 29.7 Å². The highest BCUT2D eigenvalue weighted by Gasteiger charge is 2.52. The van der Waals surface area contributed by atoms with E-state index < -0.39 is 17.4 Å². The van der Waals surface area contributed by atoms with Gasteiger partial charge < -0.3 is 18.8 Å². The van der Waals surface area contributed by atoms with Gasteiger partial charge in [-0.2, -0.15) is 13.2 Å². The molecule has 0 fully saturated rings. The summed E-state index contributed by atoms with van der Waals surface area (Å²) in [6.07, 6.45) is 1.34. The topological polar surface area (TPSA) is 60.6 Å². The van der Waals surface area contributed by atoms with E-state index in [1.165, 1.54) is 12.4 Å². The molecule has 0 amide bonds. The Hall–Kier alpha value is -4.01. The van der Waals surface area contributed by atoms with Gasteiger partial charge in [0.25, 0.3) is 0 Å². The molecule has 4 aromatic rings. The first-order valence-corrected chi connectivity index (χ1v) is 11.7. The van der Waals surface area contributed by atoms with Gasteiger partial charge in [-0.05, 0) is 41.0 Å². The van der Waals surface area contributed by atoms with E-state index in [2.05, 4.69) is 20.9 Å². The van der Waals surface area contributed by atoms with E-state index in [0.717, 1.165) is 57.5 Å². The number of furan rings is 1. The first-order chi connectivity index (χ1) is 17.4. The van der Waals surface area contributed by atoms with Gasteiger partial charge in [0.05, 0.1) is 18.6 Å². The fourth-order valence-corrected chi connectivity index (χ4v) is 5.74. The maximum absolute atomic E-state index is 13.2. The highest BCUT2D eigenvalue weighted by Crippen LogP contribution is 2.56. The van der Waals surface area contributed by atoms with Crippen molar-refractivity contribution < 1.29 is 27.1 Å². The van der Waals surface area contributed by atoms with Crippen LogP contribution in [0.2, 0.25) is 0 Å². The Labute approximate surface area is 204 Å². The molecule has 1 spiro atoms. The molecule has 5 heterocycles. The molecular weight excluding hydrogens is 471 g/mol. The first kappa shape index (κ1) is 21.3. The normalized spacial score (nSPS) is 19.7. The molecule has 3 aliphatic rings. The van der Waals surface area contributed by atoms with Crippen LogP contribution in [0.4, 0.5) is 18.9 Å². The average molecular weight is 491 g/mol. The van der Waals surface area contributed by atoms with Crippen LogP contribution in [0.1, 0.15) is 28.2 Å². The minimum absolute atomic E-state index is 0.197. The minimum atomic E-state index is -4.52. The van der Waals surface area contributed by atoms with Gasteiger partial charge >= 0.3 is 6.18 Å². The Kier molecular flexibility index (Phi) is 4.43. The second kappa shape index (κ2) is 7.49. The van der Waals surface area contributed by atoms with Crippen molar-refractivity contribution in [1.29, 1.82) is 0 Å². The van der Waals surface area contributed by atoms with E-state index in [1.54, 1.807) is 12.4 Å². The van der Waals surface area contributed by atoms with Crippen molar-refractivity contribution in [1.82, 2.24) is 9.97 Å². The Morgan fingerprint density at radius 2 is 1.86 bits per heavy atom. The number of nitrogens with zero attached hydrogens (tertiary/aromatic N) is 3. The monoisotopic (exact) mass is 491 g/mol. The molecule has 9 heteroatoms. The lowest BCUT2D eigenvalue weighted by molar-refractivity contribution is -0.153. The molecule has 0 saturated carbocycles. The lowest BCUT2D eigenvalue weighted by atomic mass is 9.74. The van der Waals surface area contributed by atoms with Crippen molar-refractivity contribution in [3.63, 3.8) is 0 Å². The number of hydrogen-bond acceptors (Lipinski definition) is 6. The smallest absolute Gasteiger partial charge is 0.449 e. The number of halogens is 3. The molecule has 6 nitrogen and oxygen atoms in total. The molecule has 0 radical (unpaired) electrons. The van der Waals surface area contributed by atoms with Crippen LogP contribution in [0.5, 0.6) is 11.5 Å². The van der Waals surface area contributed by atoms with Gasteiger partial charge in [-0.3, -0.25) is 0 Å². The summed E-state index contributed by atoms with van der Waals surface area (Å²) in [4.78, 5) is 10.5. The van der Waals surface area contributed by atoms with Crippen LogP contribution in [0.25, 0.3) is 11.1 Å². The third kappa shape index (κ3) is 3.11. The molecule has 0 bridgehead atoms. The summed E-state index contributed by atoms with van der Waals surface area (Å²) in [6, 6.07) is 12.5. The largest absolute Gasteiger partial charge is 0.493 e. The van der Waals surface area contributed by atoms with E-state index >= 15 is 0 Å². The fraction of sp³-hybridized carbons (Fsp3) is 0.259. The minimum Gasteiger partial charge on any atom is -0.493 e. The molecule has 3 aliphatic heterocycles. The van der Waals surface area contributed by atoms with E-state index in [4.69, 9.17) is 13.9 Å². The van der Waals surface area contributed by atoms with Crippen molar-refractivity contribution in [2.45, 2.75) is 24.6 Å². The lowest BCUT2D eigenvalue weighted by Gasteiger charge is -2.26. The quantitative estimate of drug-likeness (QED) is 0.383. The Morgan fingerprint density at radius 3 is 2.67 bits per heavy atom. The number of rotatable bonds is 3. The predicted molar refractivity (Wildman–Crippen MR) is 124 cm³/mol. The molecule has 1 unspecified atom stereocenters. The third-order valence-electron chi connectivity index (χ3n) is 7.26. The van der Waals surface area contributed by atoms with Gasteiger partial charge in [-0.15, -0.1) is 0 Å². The Bertz CT molecular complexity index is 1480. The first-order valence-electron chi connectivity index (χ1n) is 11.7. The number of hydrogen-bond donors (Lipinski definition) is 0. The number of benzene rings is 2. The maximum atomic E-state index is 13.2. The molecule has 36 heavy (non-hydrogen) atoms. The average Bonchev–Trinajstić information content (AvgIpc) is 3.66. The number of fused-ring (bicyclic) bond motifs is 5. The van der Waals surface area contributed by atoms with Crippen LogP contribution < -0.4 is 14.4 Å². The van der Waals surface area contributed by atoms with E-state index in [9.17, 15) is 13.2 Å². The molecular formula is C27H20F3N3O3.